The van der Waals surface area contributed by atoms with E-state index >= 15 is 0 Å². The zero-order valence-corrected chi connectivity index (χ0v) is 8.88. The normalized spacial score (nSPS) is 20.8. The van der Waals surface area contributed by atoms with Crippen molar-refractivity contribution in [1.82, 2.24) is 0 Å². The summed E-state index contributed by atoms with van der Waals surface area (Å²) in [7, 11) is -2.83. The minimum absolute atomic E-state index is 0. The molecule has 1 fully saturated rings. The molecule has 1 aliphatic rings. The fourth-order valence-electron chi connectivity index (χ4n) is 1.64. The van der Waals surface area contributed by atoms with Crippen molar-refractivity contribution < 1.29 is 8.42 Å². The lowest BCUT2D eigenvalue weighted by Crippen LogP contribution is -2.42. The highest BCUT2D eigenvalue weighted by molar-refractivity contribution is 7.90. The van der Waals surface area contributed by atoms with Crippen molar-refractivity contribution in [3.8, 4) is 0 Å². The van der Waals surface area contributed by atoms with Crippen LogP contribution in [0.5, 0.6) is 0 Å². The summed E-state index contributed by atoms with van der Waals surface area (Å²) in [5.74, 6) is 0.274. The lowest BCUT2D eigenvalue weighted by molar-refractivity contribution is 0.177. The third-order valence-corrected chi connectivity index (χ3v) is 3.55. The second kappa shape index (κ2) is 3.94. The molecule has 1 rings (SSSR count). The van der Waals surface area contributed by atoms with Crippen molar-refractivity contribution in [3.05, 3.63) is 0 Å². The Hall–Kier alpha value is 0.200. The molecule has 0 spiro atoms. The number of hydrogen-bond donors (Lipinski definition) is 1. The Balaban J connectivity index is 0.00000121. The predicted molar refractivity (Wildman–Crippen MR) is 52.3 cm³/mol. The molecule has 0 aromatic rings. The first-order valence-electron chi connectivity index (χ1n) is 3.85. The van der Waals surface area contributed by atoms with E-state index in [1.54, 1.807) is 0 Å². The molecule has 0 saturated heterocycles. The van der Waals surface area contributed by atoms with Crippen molar-refractivity contribution in [2.24, 2.45) is 11.1 Å². The number of hydrogen-bond acceptors (Lipinski definition) is 3. The van der Waals surface area contributed by atoms with Crippen molar-refractivity contribution >= 4 is 22.2 Å². The molecule has 0 atom stereocenters. The fraction of sp³-hybridized carbons (Fsp3) is 1.00. The topological polar surface area (TPSA) is 60.2 Å². The first-order valence-corrected chi connectivity index (χ1v) is 5.91. The molecule has 0 aromatic carbocycles. The first kappa shape index (κ1) is 12.2. The van der Waals surface area contributed by atoms with Crippen LogP contribution in [0.2, 0.25) is 0 Å². The van der Waals surface area contributed by atoms with Gasteiger partial charge in [0.2, 0.25) is 0 Å². The lowest BCUT2D eigenvalue weighted by atomic mass is 9.70. The van der Waals surface area contributed by atoms with Crippen LogP contribution in [0, 0.1) is 5.41 Å². The second-order valence-corrected chi connectivity index (χ2v) is 5.77. The highest BCUT2D eigenvalue weighted by Crippen LogP contribution is 2.40. The monoisotopic (exact) mass is 213 g/mol. The van der Waals surface area contributed by atoms with Crippen molar-refractivity contribution in [2.75, 3.05) is 18.6 Å². The average Bonchev–Trinajstić information content (AvgIpc) is 1.77. The summed E-state index contributed by atoms with van der Waals surface area (Å²) in [6.07, 6.45) is 4.38. The van der Waals surface area contributed by atoms with Crippen molar-refractivity contribution in [1.29, 1.82) is 0 Å². The van der Waals surface area contributed by atoms with Gasteiger partial charge < -0.3 is 5.73 Å². The largest absolute Gasteiger partial charge is 0.330 e. The van der Waals surface area contributed by atoms with Crippen LogP contribution in [0.4, 0.5) is 0 Å². The number of nitrogens with two attached hydrogens (primary N) is 1. The molecule has 12 heavy (non-hydrogen) atoms. The maximum absolute atomic E-state index is 10.9. The summed E-state index contributed by atoms with van der Waals surface area (Å²) in [6.45, 7) is 0.514. The smallest absolute Gasteiger partial charge is 0.148 e. The molecule has 0 radical (unpaired) electrons. The SMILES string of the molecule is CS(=O)(=O)CC1(CN)CCC1.Cl. The molecule has 0 aliphatic heterocycles. The first-order chi connectivity index (χ1) is 4.97. The van der Waals surface area contributed by atoms with Crippen molar-refractivity contribution in [2.45, 2.75) is 19.3 Å². The standard InChI is InChI=1S/C7H15NO2S.ClH/c1-11(9,10)6-7(5-8)3-2-4-7;/h2-6,8H2,1H3;1H. The molecule has 0 unspecified atom stereocenters. The number of sulfone groups is 1. The Morgan fingerprint density at radius 1 is 1.42 bits per heavy atom. The van der Waals surface area contributed by atoms with E-state index in [1.807, 2.05) is 0 Å². The van der Waals surface area contributed by atoms with Crippen LogP contribution >= 0.6 is 12.4 Å². The molecule has 1 saturated carbocycles. The molecular weight excluding hydrogens is 198 g/mol. The summed E-state index contributed by atoms with van der Waals surface area (Å²) in [5, 5.41) is 0. The quantitative estimate of drug-likeness (QED) is 0.746. The van der Waals surface area contributed by atoms with Crippen LogP contribution in [0.3, 0.4) is 0 Å². The van der Waals surface area contributed by atoms with Gasteiger partial charge >= 0.3 is 0 Å². The summed E-state index contributed by atoms with van der Waals surface area (Å²) in [6, 6.07) is 0. The molecule has 2 N–H and O–H groups in total. The Bertz CT molecular complexity index is 228. The summed E-state index contributed by atoms with van der Waals surface area (Å²) in [5.41, 5.74) is 5.45. The van der Waals surface area contributed by atoms with Crippen LogP contribution in [0.1, 0.15) is 19.3 Å². The van der Waals surface area contributed by atoms with Gasteiger partial charge in [-0.05, 0) is 24.8 Å². The zero-order chi connectivity index (χ0) is 8.54. The molecule has 1 aliphatic carbocycles. The van der Waals surface area contributed by atoms with Crippen LogP contribution in [-0.2, 0) is 9.84 Å². The van der Waals surface area contributed by atoms with Crippen molar-refractivity contribution in [3.63, 3.8) is 0 Å². The van der Waals surface area contributed by atoms with Gasteiger partial charge in [-0.15, -0.1) is 12.4 Å². The number of rotatable bonds is 3. The second-order valence-electron chi connectivity index (χ2n) is 3.63. The third-order valence-electron chi connectivity index (χ3n) is 2.42. The van der Waals surface area contributed by atoms with E-state index in [9.17, 15) is 8.42 Å². The van der Waals surface area contributed by atoms with E-state index < -0.39 is 9.84 Å². The van der Waals surface area contributed by atoms with E-state index in [2.05, 4.69) is 0 Å². The minimum Gasteiger partial charge on any atom is -0.330 e. The van der Waals surface area contributed by atoms with E-state index in [4.69, 9.17) is 5.73 Å². The van der Waals surface area contributed by atoms with Crippen LogP contribution in [0.15, 0.2) is 0 Å². The molecule has 3 nitrogen and oxygen atoms in total. The summed E-state index contributed by atoms with van der Waals surface area (Å²) < 4.78 is 21.9. The Kier molecular flexibility index (Phi) is 4.00. The van der Waals surface area contributed by atoms with Crippen LogP contribution in [-0.4, -0.2) is 27.0 Å². The van der Waals surface area contributed by atoms with Gasteiger partial charge in [0.05, 0.1) is 5.75 Å². The van der Waals surface area contributed by atoms with Crippen LogP contribution < -0.4 is 5.73 Å². The highest BCUT2D eigenvalue weighted by Gasteiger charge is 2.38. The zero-order valence-electron chi connectivity index (χ0n) is 7.25. The van der Waals surface area contributed by atoms with Gasteiger partial charge in [0.15, 0.2) is 0 Å². The van der Waals surface area contributed by atoms with E-state index in [-0.39, 0.29) is 23.6 Å². The van der Waals surface area contributed by atoms with Gasteiger partial charge in [-0.2, -0.15) is 0 Å². The summed E-state index contributed by atoms with van der Waals surface area (Å²) >= 11 is 0. The molecule has 5 heteroatoms. The molecule has 0 heterocycles. The number of halogens is 1. The maximum Gasteiger partial charge on any atom is 0.148 e. The van der Waals surface area contributed by atoms with Gasteiger partial charge in [-0.1, -0.05) is 6.42 Å². The van der Waals surface area contributed by atoms with Gasteiger partial charge in [-0.3, -0.25) is 0 Å². The highest BCUT2D eigenvalue weighted by atomic mass is 35.5. The van der Waals surface area contributed by atoms with E-state index in [1.165, 1.54) is 6.26 Å². The molecular formula is C7H16ClNO2S. The van der Waals surface area contributed by atoms with Crippen LogP contribution in [0.25, 0.3) is 0 Å². The minimum atomic E-state index is -2.83. The Morgan fingerprint density at radius 2 is 1.92 bits per heavy atom. The molecule has 0 aromatic heterocycles. The molecule has 0 amide bonds. The molecule has 74 valence electrons. The molecule has 0 bridgehead atoms. The summed E-state index contributed by atoms with van der Waals surface area (Å²) in [4.78, 5) is 0. The Labute approximate surface area is 80.0 Å². The lowest BCUT2D eigenvalue weighted by Gasteiger charge is -2.40. The fourth-order valence-corrected chi connectivity index (χ4v) is 3.16. The third kappa shape index (κ3) is 2.92. The average molecular weight is 214 g/mol. The van der Waals surface area contributed by atoms with E-state index in [0.29, 0.717) is 6.54 Å². The van der Waals surface area contributed by atoms with Gasteiger partial charge in [0, 0.05) is 6.26 Å². The predicted octanol–water partition coefficient (Wildman–Crippen LogP) is 0.582. The maximum atomic E-state index is 10.9. The Morgan fingerprint density at radius 3 is 2.00 bits per heavy atom. The van der Waals surface area contributed by atoms with E-state index in [0.717, 1.165) is 19.3 Å². The van der Waals surface area contributed by atoms with Gasteiger partial charge in [-0.25, -0.2) is 8.42 Å². The van der Waals surface area contributed by atoms with Gasteiger partial charge in [0.25, 0.3) is 0 Å². The van der Waals surface area contributed by atoms with Gasteiger partial charge in [0.1, 0.15) is 9.84 Å².